The number of likely N-dealkylation sites (tertiary alicyclic amines) is 1. The lowest BCUT2D eigenvalue weighted by molar-refractivity contribution is -0.145. The molecular formula is C18H28ClN3O3. The lowest BCUT2D eigenvalue weighted by atomic mass is 9.73. The van der Waals surface area contributed by atoms with Crippen LogP contribution >= 0.6 is 12.4 Å². The number of carbonyl (C=O) groups is 2. The molecule has 0 radical (unpaired) electrons. The van der Waals surface area contributed by atoms with Crippen LogP contribution in [0.15, 0.2) is 30.3 Å². The second-order valence-corrected chi connectivity index (χ2v) is 6.39. The number of piperidine rings is 2. The Morgan fingerprint density at radius 1 is 1.04 bits per heavy atom. The van der Waals surface area contributed by atoms with E-state index in [4.69, 9.17) is 5.73 Å². The minimum atomic E-state index is -0.699. The third-order valence-corrected chi connectivity index (χ3v) is 4.86. The van der Waals surface area contributed by atoms with Gasteiger partial charge < -0.3 is 21.1 Å². The smallest absolute Gasteiger partial charge is 0.314 e. The minimum Gasteiger partial charge on any atom is -0.481 e. The Balaban J connectivity index is 0.000000270. The Hall–Kier alpha value is -1.79. The Bertz CT molecular complexity index is 542. The number of nitrogens with two attached hydrogens (primary N) is 1. The Kier molecular flexibility index (Phi) is 8.72. The summed E-state index contributed by atoms with van der Waals surface area (Å²) in [6.45, 7) is 3.27. The van der Waals surface area contributed by atoms with Crippen molar-refractivity contribution in [1.29, 1.82) is 0 Å². The lowest BCUT2D eigenvalue weighted by Crippen LogP contribution is -2.45. The maximum atomic E-state index is 11.4. The van der Waals surface area contributed by atoms with Crippen molar-refractivity contribution in [3.63, 3.8) is 0 Å². The fraction of sp³-hybridized carbons (Fsp3) is 0.556. The first-order valence-electron chi connectivity index (χ1n) is 8.60. The van der Waals surface area contributed by atoms with E-state index in [1.165, 1.54) is 6.42 Å². The van der Waals surface area contributed by atoms with Gasteiger partial charge in [-0.05, 0) is 50.8 Å². The van der Waals surface area contributed by atoms with E-state index in [2.05, 4.69) is 5.32 Å². The first-order valence-corrected chi connectivity index (χ1v) is 8.60. The standard InChI is InChI=1S/C12H15NO2.C6H12N2O.ClH/c14-11(15)12(6-8-13-9-7-12)10-4-2-1-3-5-10;7-6(9)8-4-2-1-3-5-8;/h1-5,13H,6-9H2,(H,14,15);1-5H2,(H2,7,9);1H. The molecule has 0 unspecified atom stereocenters. The molecule has 140 valence electrons. The number of primary amides is 1. The molecule has 2 aliphatic rings. The van der Waals surface area contributed by atoms with E-state index in [0.717, 1.165) is 44.6 Å². The normalized spacial score (nSPS) is 19.0. The number of hydrogen-bond donors (Lipinski definition) is 3. The van der Waals surface area contributed by atoms with Crippen LogP contribution in [0.4, 0.5) is 4.79 Å². The highest BCUT2D eigenvalue weighted by atomic mass is 35.5. The van der Waals surface area contributed by atoms with E-state index in [9.17, 15) is 14.7 Å². The van der Waals surface area contributed by atoms with E-state index in [-0.39, 0.29) is 18.4 Å². The third kappa shape index (κ3) is 5.61. The van der Waals surface area contributed by atoms with Gasteiger partial charge in [-0.3, -0.25) is 4.79 Å². The van der Waals surface area contributed by atoms with Gasteiger partial charge in [-0.1, -0.05) is 30.3 Å². The molecule has 0 saturated carbocycles. The van der Waals surface area contributed by atoms with Crippen molar-refractivity contribution in [2.24, 2.45) is 5.73 Å². The lowest BCUT2D eigenvalue weighted by Gasteiger charge is -2.34. The average Bonchev–Trinajstić information content (AvgIpc) is 2.64. The number of aliphatic carboxylic acids is 1. The zero-order chi connectivity index (χ0) is 17.4. The van der Waals surface area contributed by atoms with Gasteiger partial charge in [-0.2, -0.15) is 0 Å². The second kappa shape index (κ2) is 10.3. The number of urea groups is 1. The molecule has 7 heteroatoms. The summed E-state index contributed by atoms with van der Waals surface area (Å²) in [5.74, 6) is -0.699. The summed E-state index contributed by atoms with van der Waals surface area (Å²) in [4.78, 5) is 23.6. The second-order valence-electron chi connectivity index (χ2n) is 6.39. The number of rotatable bonds is 2. The van der Waals surface area contributed by atoms with Gasteiger partial charge in [0.1, 0.15) is 0 Å². The van der Waals surface area contributed by atoms with Crippen LogP contribution in [0.3, 0.4) is 0 Å². The first-order chi connectivity index (χ1) is 11.6. The van der Waals surface area contributed by atoms with Gasteiger partial charge in [0.2, 0.25) is 0 Å². The predicted molar refractivity (Wildman–Crippen MR) is 100 cm³/mol. The van der Waals surface area contributed by atoms with Crippen molar-refractivity contribution in [1.82, 2.24) is 10.2 Å². The number of hydrogen-bond acceptors (Lipinski definition) is 3. The maximum absolute atomic E-state index is 11.4. The summed E-state index contributed by atoms with van der Waals surface area (Å²) in [6.07, 6.45) is 4.81. The van der Waals surface area contributed by atoms with Gasteiger partial charge >= 0.3 is 12.0 Å². The molecule has 1 aromatic rings. The van der Waals surface area contributed by atoms with Crippen LogP contribution in [-0.2, 0) is 10.2 Å². The molecule has 25 heavy (non-hydrogen) atoms. The SMILES string of the molecule is Cl.NC(=O)N1CCCCC1.O=C(O)C1(c2ccccc2)CCNCC1. The maximum Gasteiger partial charge on any atom is 0.314 e. The molecule has 6 nitrogen and oxygen atoms in total. The Morgan fingerprint density at radius 3 is 2.04 bits per heavy atom. The minimum absolute atomic E-state index is 0. The zero-order valence-electron chi connectivity index (χ0n) is 14.4. The van der Waals surface area contributed by atoms with E-state index in [0.29, 0.717) is 12.8 Å². The molecule has 2 saturated heterocycles. The fourth-order valence-corrected chi connectivity index (χ4v) is 3.35. The molecule has 2 amide bonds. The molecule has 3 rings (SSSR count). The van der Waals surface area contributed by atoms with Crippen LogP contribution in [0.2, 0.25) is 0 Å². The molecule has 0 atom stereocenters. The molecule has 0 aliphatic carbocycles. The zero-order valence-corrected chi connectivity index (χ0v) is 15.3. The van der Waals surface area contributed by atoms with Gasteiger partial charge in [-0.25, -0.2) is 4.79 Å². The summed E-state index contributed by atoms with van der Waals surface area (Å²) in [6, 6.07) is 9.29. The molecule has 2 heterocycles. The van der Waals surface area contributed by atoms with Crippen LogP contribution in [-0.4, -0.2) is 48.2 Å². The number of nitrogens with one attached hydrogen (secondary N) is 1. The molecule has 0 aromatic heterocycles. The first kappa shape index (κ1) is 21.3. The van der Waals surface area contributed by atoms with Crippen LogP contribution in [0.1, 0.15) is 37.7 Å². The predicted octanol–water partition coefficient (Wildman–Crippen LogP) is 2.37. The number of carboxylic acids is 1. The van der Waals surface area contributed by atoms with Crippen molar-refractivity contribution >= 4 is 24.4 Å². The largest absolute Gasteiger partial charge is 0.481 e. The van der Waals surface area contributed by atoms with Crippen LogP contribution < -0.4 is 11.1 Å². The molecular weight excluding hydrogens is 342 g/mol. The number of amides is 2. The number of carbonyl (C=O) groups excluding carboxylic acids is 1. The number of halogens is 1. The monoisotopic (exact) mass is 369 g/mol. The summed E-state index contributed by atoms with van der Waals surface area (Å²) in [5.41, 5.74) is 5.31. The number of carboxylic acid groups (broad SMARTS) is 1. The van der Waals surface area contributed by atoms with Crippen molar-refractivity contribution in [3.05, 3.63) is 35.9 Å². The Morgan fingerprint density at radius 2 is 1.60 bits per heavy atom. The Labute approximate surface area is 155 Å². The third-order valence-electron chi connectivity index (χ3n) is 4.86. The number of benzene rings is 1. The molecule has 0 bridgehead atoms. The topological polar surface area (TPSA) is 95.7 Å². The van der Waals surface area contributed by atoms with Crippen molar-refractivity contribution < 1.29 is 14.7 Å². The van der Waals surface area contributed by atoms with Crippen LogP contribution in [0.25, 0.3) is 0 Å². The summed E-state index contributed by atoms with van der Waals surface area (Å²) in [5, 5.41) is 12.6. The van der Waals surface area contributed by atoms with E-state index < -0.39 is 11.4 Å². The van der Waals surface area contributed by atoms with Gasteiger partial charge in [0.25, 0.3) is 0 Å². The molecule has 0 spiro atoms. The quantitative estimate of drug-likeness (QED) is 0.745. The highest BCUT2D eigenvalue weighted by Crippen LogP contribution is 2.33. The van der Waals surface area contributed by atoms with Crippen molar-refractivity contribution in [3.8, 4) is 0 Å². The summed E-state index contributed by atoms with van der Waals surface area (Å²) < 4.78 is 0. The van der Waals surface area contributed by atoms with Crippen molar-refractivity contribution in [2.45, 2.75) is 37.5 Å². The van der Waals surface area contributed by atoms with Gasteiger partial charge in [-0.15, -0.1) is 12.4 Å². The van der Waals surface area contributed by atoms with Crippen LogP contribution in [0, 0.1) is 0 Å². The highest BCUT2D eigenvalue weighted by molar-refractivity contribution is 5.85. The summed E-state index contributed by atoms with van der Waals surface area (Å²) >= 11 is 0. The average molecular weight is 370 g/mol. The highest BCUT2D eigenvalue weighted by Gasteiger charge is 2.40. The number of nitrogens with zero attached hydrogens (tertiary/aromatic N) is 1. The molecule has 1 aromatic carbocycles. The summed E-state index contributed by atoms with van der Waals surface area (Å²) in [7, 11) is 0. The van der Waals surface area contributed by atoms with E-state index >= 15 is 0 Å². The molecule has 2 fully saturated rings. The van der Waals surface area contributed by atoms with Gasteiger partial charge in [0.05, 0.1) is 5.41 Å². The van der Waals surface area contributed by atoms with Gasteiger partial charge in [0.15, 0.2) is 0 Å². The molecule has 4 N–H and O–H groups in total. The molecule has 2 aliphatic heterocycles. The fourth-order valence-electron chi connectivity index (χ4n) is 3.35. The van der Waals surface area contributed by atoms with Crippen molar-refractivity contribution in [2.75, 3.05) is 26.2 Å². The van der Waals surface area contributed by atoms with Crippen LogP contribution in [0.5, 0.6) is 0 Å². The van der Waals surface area contributed by atoms with E-state index in [1.807, 2.05) is 30.3 Å². The van der Waals surface area contributed by atoms with Gasteiger partial charge in [0, 0.05) is 13.1 Å². The van der Waals surface area contributed by atoms with E-state index in [1.54, 1.807) is 4.90 Å².